The van der Waals surface area contributed by atoms with Gasteiger partial charge in [-0.15, -0.1) is 0 Å². The van der Waals surface area contributed by atoms with Gasteiger partial charge in [-0.2, -0.15) is 0 Å². The summed E-state index contributed by atoms with van der Waals surface area (Å²) < 4.78 is 5.30. The first-order valence-corrected chi connectivity index (χ1v) is 10.5. The van der Waals surface area contributed by atoms with Crippen LogP contribution in [0.4, 0.5) is 0 Å². The number of carbonyl (C=O) groups is 2. The monoisotopic (exact) mass is 410 g/mol. The highest BCUT2D eigenvalue weighted by Gasteiger charge is 2.41. The van der Waals surface area contributed by atoms with Crippen molar-refractivity contribution < 1.29 is 14.3 Å². The Hall–Kier alpha value is -2.93. The predicted molar refractivity (Wildman–Crippen MR) is 118 cm³/mol. The van der Waals surface area contributed by atoms with E-state index >= 15 is 0 Å². The minimum atomic E-state index is -0.598. The highest BCUT2D eigenvalue weighted by molar-refractivity contribution is 6.28. The zero-order valence-electron chi connectivity index (χ0n) is 17.8. The molecule has 160 valence electrons. The third-order valence-electron chi connectivity index (χ3n) is 5.27. The van der Waals surface area contributed by atoms with E-state index in [1.54, 1.807) is 24.9 Å². The van der Waals surface area contributed by atoms with E-state index in [1.807, 2.05) is 12.2 Å². The van der Waals surface area contributed by atoms with Gasteiger partial charge in [-0.3, -0.25) is 14.7 Å². The van der Waals surface area contributed by atoms with Gasteiger partial charge in [0.25, 0.3) is 5.91 Å². The number of nitrogens with one attached hydrogen (secondary N) is 1. The number of esters is 1. The molecular weight excluding hydrogens is 380 g/mol. The van der Waals surface area contributed by atoms with Crippen molar-refractivity contribution in [2.24, 2.45) is 4.99 Å². The topological polar surface area (TPSA) is 74.2 Å². The van der Waals surface area contributed by atoms with Gasteiger partial charge in [0.2, 0.25) is 0 Å². The fourth-order valence-corrected chi connectivity index (χ4v) is 3.95. The average Bonchev–Trinajstić information content (AvgIpc) is 2.77. The smallest absolute Gasteiger partial charge is 0.345 e. The summed E-state index contributed by atoms with van der Waals surface area (Å²) in [5.41, 5.74) is 2.41. The van der Waals surface area contributed by atoms with Crippen molar-refractivity contribution in [3.63, 3.8) is 0 Å². The Morgan fingerprint density at radius 1 is 1.33 bits per heavy atom. The van der Waals surface area contributed by atoms with E-state index in [2.05, 4.69) is 33.9 Å². The molecule has 3 rings (SSSR count). The van der Waals surface area contributed by atoms with Gasteiger partial charge in [0, 0.05) is 38.8 Å². The molecule has 0 bridgehead atoms. The fourth-order valence-electron chi connectivity index (χ4n) is 3.95. The third-order valence-corrected chi connectivity index (χ3v) is 5.27. The summed E-state index contributed by atoms with van der Waals surface area (Å²) in [5, 5.41) is 3.31. The molecule has 2 heterocycles. The van der Waals surface area contributed by atoms with Crippen molar-refractivity contribution in [1.82, 2.24) is 15.1 Å². The molecule has 1 N–H and O–H groups in total. The quantitative estimate of drug-likeness (QED) is 0.535. The number of ether oxygens (including phenoxy) is 1. The zero-order chi connectivity index (χ0) is 21.5. The SMILES string of the molecule is C=C/C=C1\C(=NC)N(CC2=CCCC=C2)C(=O)C(C(=O)OCC)=C1N1CCNCC1. The molecule has 0 radical (unpaired) electrons. The third kappa shape index (κ3) is 4.46. The van der Waals surface area contributed by atoms with Crippen LogP contribution in [0.5, 0.6) is 0 Å². The zero-order valence-corrected chi connectivity index (χ0v) is 17.8. The van der Waals surface area contributed by atoms with E-state index < -0.39 is 5.97 Å². The molecule has 30 heavy (non-hydrogen) atoms. The highest BCUT2D eigenvalue weighted by atomic mass is 16.5. The molecule has 2 aliphatic heterocycles. The van der Waals surface area contributed by atoms with Gasteiger partial charge in [-0.05, 0) is 31.4 Å². The van der Waals surface area contributed by atoms with Gasteiger partial charge < -0.3 is 15.0 Å². The second-order valence-electron chi connectivity index (χ2n) is 7.19. The molecule has 1 aliphatic carbocycles. The van der Waals surface area contributed by atoms with Crippen LogP contribution in [0.2, 0.25) is 0 Å². The minimum Gasteiger partial charge on any atom is -0.462 e. The molecule has 0 saturated carbocycles. The summed E-state index contributed by atoms with van der Waals surface area (Å²) in [6.45, 7) is 9.06. The Labute approximate surface area is 178 Å². The Morgan fingerprint density at radius 3 is 2.70 bits per heavy atom. The van der Waals surface area contributed by atoms with E-state index in [9.17, 15) is 9.59 Å². The number of aliphatic imine (C=N–C) groups is 1. The number of amides is 1. The molecule has 1 fully saturated rings. The van der Waals surface area contributed by atoms with Gasteiger partial charge in [0.15, 0.2) is 0 Å². The molecule has 0 atom stereocenters. The van der Waals surface area contributed by atoms with Crippen LogP contribution in [-0.2, 0) is 14.3 Å². The van der Waals surface area contributed by atoms with E-state index in [0.717, 1.165) is 37.1 Å². The number of carbonyl (C=O) groups excluding carboxylic acids is 2. The number of amidine groups is 1. The lowest BCUT2D eigenvalue weighted by molar-refractivity contribution is -0.141. The lowest BCUT2D eigenvalue weighted by Crippen LogP contribution is -2.51. The number of hydrogen-bond acceptors (Lipinski definition) is 6. The molecule has 0 aromatic carbocycles. The van der Waals surface area contributed by atoms with Crippen molar-refractivity contribution in [3.8, 4) is 0 Å². The number of allylic oxidation sites excluding steroid dienone is 4. The molecule has 3 aliphatic rings. The lowest BCUT2D eigenvalue weighted by Gasteiger charge is -2.39. The van der Waals surface area contributed by atoms with Crippen molar-refractivity contribution >= 4 is 17.7 Å². The second-order valence-corrected chi connectivity index (χ2v) is 7.19. The molecule has 7 heteroatoms. The van der Waals surface area contributed by atoms with Gasteiger partial charge in [0.1, 0.15) is 11.4 Å². The predicted octanol–water partition coefficient (Wildman–Crippen LogP) is 1.97. The Kier molecular flexibility index (Phi) is 7.41. The average molecular weight is 411 g/mol. The van der Waals surface area contributed by atoms with Crippen molar-refractivity contribution in [1.29, 1.82) is 0 Å². The van der Waals surface area contributed by atoms with Crippen LogP contribution in [-0.4, -0.2) is 73.9 Å². The molecule has 1 saturated heterocycles. The summed E-state index contributed by atoms with van der Waals surface area (Å²) in [5.74, 6) is -0.427. The van der Waals surface area contributed by atoms with Crippen LogP contribution in [0.15, 0.2) is 64.4 Å². The Morgan fingerprint density at radius 2 is 2.10 bits per heavy atom. The first-order chi connectivity index (χ1) is 14.6. The van der Waals surface area contributed by atoms with Gasteiger partial charge >= 0.3 is 5.97 Å². The molecule has 0 aromatic heterocycles. The molecule has 0 unspecified atom stereocenters. The van der Waals surface area contributed by atoms with E-state index in [0.29, 0.717) is 31.2 Å². The molecular formula is C23H30N4O3. The number of hydrogen-bond donors (Lipinski definition) is 1. The van der Waals surface area contributed by atoms with Crippen molar-refractivity contribution in [2.45, 2.75) is 19.8 Å². The minimum absolute atomic E-state index is 0.0691. The Bertz CT molecular complexity index is 858. The first-order valence-electron chi connectivity index (χ1n) is 10.5. The van der Waals surface area contributed by atoms with E-state index in [1.165, 1.54) is 0 Å². The van der Waals surface area contributed by atoms with E-state index in [-0.39, 0.29) is 18.1 Å². The summed E-state index contributed by atoms with van der Waals surface area (Å²) in [7, 11) is 1.67. The summed E-state index contributed by atoms with van der Waals surface area (Å²) in [6.07, 6.45) is 11.7. The van der Waals surface area contributed by atoms with Gasteiger partial charge in [-0.25, -0.2) is 4.79 Å². The largest absolute Gasteiger partial charge is 0.462 e. The molecule has 0 spiro atoms. The van der Waals surface area contributed by atoms with Gasteiger partial charge in [-0.1, -0.05) is 30.9 Å². The number of nitrogens with zero attached hydrogens (tertiary/aromatic N) is 3. The molecule has 0 aromatic rings. The van der Waals surface area contributed by atoms with Crippen molar-refractivity contribution in [2.75, 3.05) is 46.4 Å². The van der Waals surface area contributed by atoms with Crippen LogP contribution >= 0.6 is 0 Å². The Balaban J connectivity index is 2.14. The maximum Gasteiger partial charge on any atom is 0.345 e. The second kappa shape index (κ2) is 10.2. The number of piperazine rings is 1. The normalized spacial score (nSPS) is 22.6. The maximum absolute atomic E-state index is 13.6. The highest BCUT2D eigenvalue weighted by Crippen LogP contribution is 2.31. The maximum atomic E-state index is 13.6. The van der Waals surface area contributed by atoms with Crippen LogP contribution in [0.25, 0.3) is 0 Å². The summed E-state index contributed by atoms with van der Waals surface area (Å²) in [6, 6.07) is 0. The van der Waals surface area contributed by atoms with Crippen LogP contribution < -0.4 is 5.32 Å². The first kappa shape index (κ1) is 21.8. The van der Waals surface area contributed by atoms with Crippen molar-refractivity contribution in [3.05, 3.63) is 59.4 Å². The molecule has 7 nitrogen and oxygen atoms in total. The fraction of sp³-hybridized carbons (Fsp3) is 0.435. The van der Waals surface area contributed by atoms with Crippen LogP contribution in [0.1, 0.15) is 19.8 Å². The summed E-state index contributed by atoms with van der Waals surface area (Å²) in [4.78, 5) is 34.7. The number of rotatable bonds is 6. The van der Waals surface area contributed by atoms with Crippen LogP contribution in [0.3, 0.4) is 0 Å². The van der Waals surface area contributed by atoms with Gasteiger partial charge in [0.05, 0.1) is 18.8 Å². The standard InChI is InChI=1S/C23H30N4O3/c1-4-9-18-20(26-14-12-25-13-15-26)19(23(29)30-5-2)22(28)27(21(18)24-3)16-17-10-7-6-8-11-17/h4,7,9-11,25H,1,5-6,8,12-16H2,2-3H3/b18-9-,24-21?. The summed E-state index contributed by atoms with van der Waals surface area (Å²) >= 11 is 0. The van der Waals surface area contributed by atoms with Crippen LogP contribution in [0, 0.1) is 0 Å². The lowest BCUT2D eigenvalue weighted by atomic mass is 9.95. The molecule has 1 amide bonds. The van der Waals surface area contributed by atoms with E-state index in [4.69, 9.17) is 4.74 Å².